The monoisotopic (exact) mass is 516 g/mol. The summed E-state index contributed by atoms with van der Waals surface area (Å²) in [4.78, 5) is 17.4. The van der Waals surface area contributed by atoms with Crippen LogP contribution in [0.5, 0.6) is 5.75 Å². The lowest BCUT2D eigenvalue weighted by Gasteiger charge is -2.29. The van der Waals surface area contributed by atoms with Gasteiger partial charge in [0, 0.05) is 20.8 Å². The molecule has 1 aliphatic heterocycles. The minimum absolute atomic E-state index is 0.260. The number of aromatic nitrogens is 3. The van der Waals surface area contributed by atoms with Crippen LogP contribution < -0.4 is 10.1 Å². The highest BCUT2D eigenvalue weighted by Gasteiger charge is 2.36. The molecule has 0 radical (unpaired) electrons. The molecule has 0 aliphatic carbocycles. The molecule has 1 unspecified atom stereocenters. The van der Waals surface area contributed by atoms with E-state index in [1.54, 1.807) is 4.68 Å². The minimum atomic E-state index is -0.572. The van der Waals surface area contributed by atoms with Crippen molar-refractivity contribution >= 4 is 39.4 Å². The molecular formula is C23H22BrClN4O3. The lowest BCUT2D eigenvalue weighted by atomic mass is 9.95. The van der Waals surface area contributed by atoms with Gasteiger partial charge in [-0.25, -0.2) is 9.48 Å². The van der Waals surface area contributed by atoms with Crippen LogP contribution in [0.3, 0.4) is 0 Å². The molecule has 0 bridgehead atoms. The molecule has 9 heteroatoms. The van der Waals surface area contributed by atoms with Gasteiger partial charge in [0.2, 0.25) is 5.95 Å². The predicted octanol–water partition coefficient (Wildman–Crippen LogP) is 5.51. The van der Waals surface area contributed by atoms with E-state index < -0.39 is 12.0 Å². The Morgan fingerprint density at radius 2 is 2.00 bits per heavy atom. The smallest absolute Gasteiger partial charge is 0.338 e. The summed E-state index contributed by atoms with van der Waals surface area (Å²) in [5.41, 5.74) is 2.84. The van der Waals surface area contributed by atoms with E-state index in [4.69, 9.17) is 21.1 Å². The zero-order chi connectivity index (χ0) is 22.8. The largest absolute Gasteiger partial charge is 0.489 e. The highest BCUT2D eigenvalue weighted by Crippen LogP contribution is 2.40. The summed E-state index contributed by atoms with van der Waals surface area (Å²) in [7, 11) is 0. The Labute approximate surface area is 199 Å². The van der Waals surface area contributed by atoms with Crippen molar-refractivity contribution in [2.24, 2.45) is 0 Å². The molecule has 32 heavy (non-hydrogen) atoms. The first-order valence-electron chi connectivity index (χ1n) is 10.1. The Bertz CT molecular complexity index is 1170. The molecule has 7 nitrogen and oxygen atoms in total. The van der Waals surface area contributed by atoms with Gasteiger partial charge >= 0.3 is 5.97 Å². The van der Waals surface area contributed by atoms with Crippen LogP contribution in [0.2, 0.25) is 5.02 Å². The molecule has 1 atom stereocenters. The number of rotatable bonds is 6. The molecule has 1 N–H and O–H groups in total. The maximum absolute atomic E-state index is 13.1. The summed E-state index contributed by atoms with van der Waals surface area (Å²) >= 11 is 9.54. The summed E-state index contributed by atoms with van der Waals surface area (Å²) in [6, 6.07) is 12.6. The van der Waals surface area contributed by atoms with Crippen molar-refractivity contribution < 1.29 is 14.3 Å². The quantitative estimate of drug-likeness (QED) is 0.434. The molecule has 0 amide bonds. The second-order valence-corrected chi connectivity index (χ2v) is 9.00. The Morgan fingerprint density at radius 1 is 1.25 bits per heavy atom. The molecule has 0 saturated carbocycles. The summed E-state index contributed by atoms with van der Waals surface area (Å²) in [6.07, 6.45) is 1.19. The van der Waals surface area contributed by atoms with Gasteiger partial charge in [0.1, 0.15) is 24.7 Å². The number of halogens is 2. The first kappa shape index (κ1) is 22.4. The fourth-order valence-electron chi connectivity index (χ4n) is 3.53. The second-order valence-electron chi connectivity index (χ2n) is 7.65. The SMILES string of the molecule is CC1=C(C(=O)OC(C)C)C(c2cc(Br)ccc2OCc2ccc(Cl)cc2)n2ncnc2N1. The third-order valence-electron chi connectivity index (χ3n) is 4.93. The molecule has 1 aromatic heterocycles. The lowest BCUT2D eigenvalue weighted by molar-refractivity contribution is -0.143. The molecule has 0 saturated heterocycles. The third kappa shape index (κ3) is 4.66. The van der Waals surface area contributed by atoms with Crippen molar-refractivity contribution in [2.75, 3.05) is 5.32 Å². The Morgan fingerprint density at radius 3 is 2.72 bits per heavy atom. The molecule has 0 fully saturated rings. The summed E-state index contributed by atoms with van der Waals surface area (Å²) in [5.74, 6) is 0.746. The van der Waals surface area contributed by atoms with Crippen LogP contribution in [-0.2, 0) is 16.1 Å². The topological polar surface area (TPSA) is 78.3 Å². The van der Waals surface area contributed by atoms with Crippen LogP contribution in [0.25, 0.3) is 0 Å². The number of allylic oxidation sites excluding steroid dienone is 1. The third-order valence-corrected chi connectivity index (χ3v) is 5.68. The minimum Gasteiger partial charge on any atom is -0.489 e. The number of carbonyl (C=O) groups excluding carboxylic acids is 1. The number of fused-ring (bicyclic) bond motifs is 1. The number of esters is 1. The van der Waals surface area contributed by atoms with E-state index in [-0.39, 0.29) is 6.10 Å². The molecule has 2 heterocycles. The van der Waals surface area contributed by atoms with Crippen LogP contribution in [0.15, 0.2) is 64.5 Å². The van der Waals surface area contributed by atoms with E-state index in [9.17, 15) is 4.79 Å². The Kier molecular flexibility index (Phi) is 6.53. The number of nitrogens with zero attached hydrogens (tertiary/aromatic N) is 3. The standard InChI is InChI=1S/C23H22BrClN4O3/c1-13(2)32-22(30)20-14(3)28-23-26-12-27-29(23)21(20)18-10-16(24)6-9-19(18)31-11-15-4-7-17(25)8-5-15/h4-10,12-13,21H,11H2,1-3H3,(H,26,27,28). The van der Waals surface area contributed by atoms with Crippen LogP contribution in [0, 0.1) is 0 Å². The average molecular weight is 518 g/mol. The number of ether oxygens (including phenoxy) is 2. The number of nitrogens with one attached hydrogen (secondary N) is 1. The Hall–Kier alpha value is -2.84. The van der Waals surface area contributed by atoms with Crippen molar-refractivity contribution in [2.45, 2.75) is 39.5 Å². The van der Waals surface area contributed by atoms with Crippen molar-refractivity contribution in [3.63, 3.8) is 0 Å². The highest BCUT2D eigenvalue weighted by atomic mass is 79.9. The van der Waals surface area contributed by atoms with Gasteiger partial charge in [0.05, 0.1) is 11.7 Å². The van der Waals surface area contributed by atoms with Crippen molar-refractivity contribution in [1.82, 2.24) is 14.8 Å². The Balaban J connectivity index is 1.76. The van der Waals surface area contributed by atoms with Gasteiger partial charge in [0.25, 0.3) is 0 Å². The molecule has 166 valence electrons. The predicted molar refractivity (Wildman–Crippen MR) is 126 cm³/mol. The fraction of sp³-hybridized carbons (Fsp3) is 0.261. The van der Waals surface area contributed by atoms with Crippen molar-refractivity contribution in [3.05, 3.63) is 80.7 Å². The van der Waals surface area contributed by atoms with Crippen LogP contribution in [-0.4, -0.2) is 26.8 Å². The number of carbonyl (C=O) groups is 1. The molecule has 3 aromatic rings. The van der Waals surface area contributed by atoms with Crippen molar-refractivity contribution in [3.8, 4) is 5.75 Å². The van der Waals surface area contributed by atoms with Crippen LogP contribution >= 0.6 is 27.5 Å². The molecule has 2 aromatic carbocycles. The molecule has 0 spiro atoms. The number of hydrogen-bond acceptors (Lipinski definition) is 6. The molecule has 4 rings (SSSR count). The number of benzene rings is 2. The highest BCUT2D eigenvalue weighted by molar-refractivity contribution is 9.10. The van der Waals surface area contributed by atoms with E-state index in [0.29, 0.717) is 34.6 Å². The summed E-state index contributed by atoms with van der Waals surface area (Å²) < 4.78 is 14.3. The first-order chi connectivity index (χ1) is 15.3. The van der Waals surface area contributed by atoms with Gasteiger partial charge in [-0.05, 0) is 56.7 Å². The zero-order valence-electron chi connectivity index (χ0n) is 17.8. The van der Waals surface area contributed by atoms with Crippen LogP contribution in [0.4, 0.5) is 5.95 Å². The second kappa shape index (κ2) is 9.34. The summed E-state index contributed by atoms with van der Waals surface area (Å²) in [5, 5.41) is 8.19. The molecule has 1 aliphatic rings. The van der Waals surface area contributed by atoms with Gasteiger partial charge in [-0.15, -0.1) is 0 Å². The molecular weight excluding hydrogens is 496 g/mol. The zero-order valence-corrected chi connectivity index (χ0v) is 20.1. The first-order valence-corrected chi connectivity index (χ1v) is 11.3. The van der Waals surface area contributed by atoms with E-state index >= 15 is 0 Å². The van der Waals surface area contributed by atoms with E-state index in [2.05, 4.69) is 31.3 Å². The van der Waals surface area contributed by atoms with Gasteiger partial charge in [-0.2, -0.15) is 10.1 Å². The van der Waals surface area contributed by atoms with E-state index in [1.165, 1.54) is 6.33 Å². The maximum Gasteiger partial charge on any atom is 0.338 e. The van der Waals surface area contributed by atoms with Gasteiger partial charge in [-0.1, -0.05) is 39.7 Å². The van der Waals surface area contributed by atoms with E-state index in [1.807, 2.05) is 63.2 Å². The van der Waals surface area contributed by atoms with Crippen molar-refractivity contribution in [1.29, 1.82) is 0 Å². The normalized spacial score (nSPS) is 15.4. The van der Waals surface area contributed by atoms with Gasteiger partial charge < -0.3 is 14.8 Å². The van der Waals surface area contributed by atoms with Crippen LogP contribution in [0.1, 0.15) is 37.9 Å². The average Bonchev–Trinajstić information content (AvgIpc) is 3.20. The fourth-order valence-corrected chi connectivity index (χ4v) is 4.03. The number of hydrogen-bond donors (Lipinski definition) is 1. The lowest BCUT2D eigenvalue weighted by Crippen LogP contribution is -2.31. The van der Waals surface area contributed by atoms with E-state index in [0.717, 1.165) is 15.6 Å². The summed E-state index contributed by atoms with van der Waals surface area (Å²) in [6.45, 7) is 5.81. The number of anilines is 1. The van der Waals surface area contributed by atoms with Gasteiger partial charge in [0.15, 0.2) is 0 Å². The maximum atomic E-state index is 13.1. The van der Waals surface area contributed by atoms with Gasteiger partial charge in [-0.3, -0.25) is 0 Å².